The quantitative estimate of drug-likeness (QED) is 0.439. The molecule has 2 aliphatic rings. The van der Waals surface area contributed by atoms with Crippen LogP contribution in [0.3, 0.4) is 0 Å². The molecule has 162 valence electrons. The lowest BCUT2D eigenvalue weighted by Gasteiger charge is -2.34. The fourth-order valence-corrected chi connectivity index (χ4v) is 6.12. The smallest absolute Gasteiger partial charge is 0.256 e. The summed E-state index contributed by atoms with van der Waals surface area (Å²) >= 11 is 8.01. The summed E-state index contributed by atoms with van der Waals surface area (Å²) in [5, 5.41) is 8.27. The molecule has 1 aliphatic heterocycles. The van der Waals surface area contributed by atoms with Crippen molar-refractivity contribution in [3.05, 3.63) is 62.7 Å². The first-order chi connectivity index (χ1) is 14.7. The molecule has 2 N–H and O–H groups in total. The van der Waals surface area contributed by atoms with Crippen molar-refractivity contribution in [3.8, 4) is 11.3 Å². The van der Waals surface area contributed by atoms with Crippen LogP contribution < -0.4 is 10.6 Å². The Morgan fingerprint density at radius 1 is 1.16 bits per heavy atom. The minimum Gasteiger partial charge on any atom is -0.457 e. The third-order valence-corrected chi connectivity index (χ3v) is 8.23. The maximum atomic E-state index is 13.0. The van der Waals surface area contributed by atoms with E-state index in [0.717, 1.165) is 46.7 Å². The van der Waals surface area contributed by atoms with Crippen LogP contribution in [0.1, 0.15) is 65.5 Å². The van der Waals surface area contributed by atoms with Crippen molar-refractivity contribution >= 4 is 33.8 Å². The van der Waals surface area contributed by atoms with Crippen molar-refractivity contribution in [2.75, 3.05) is 5.32 Å². The minimum absolute atomic E-state index is 0.0122. The Morgan fingerprint density at radius 2 is 1.97 bits per heavy atom. The summed E-state index contributed by atoms with van der Waals surface area (Å²) in [6, 6.07) is 9.72. The number of benzene rings is 1. The van der Waals surface area contributed by atoms with Crippen LogP contribution in [0.2, 0.25) is 5.02 Å². The van der Waals surface area contributed by atoms with Gasteiger partial charge in [-0.1, -0.05) is 44.5 Å². The molecular formula is C25H27ClN2O2S. The topological polar surface area (TPSA) is 54.3 Å². The van der Waals surface area contributed by atoms with Gasteiger partial charge in [0.1, 0.15) is 16.5 Å². The monoisotopic (exact) mass is 454 g/mol. The van der Waals surface area contributed by atoms with Crippen LogP contribution >= 0.6 is 22.9 Å². The molecule has 3 heterocycles. The Balaban J connectivity index is 1.41. The van der Waals surface area contributed by atoms with Crippen LogP contribution in [0.4, 0.5) is 5.00 Å². The molecule has 0 saturated carbocycles. The lowest BCUT2D eigenvalue weighted by Crippen LogP contribution is -2.38. The maximum Gasteiger partial charge on any atom is 0.256 e. The highest BCUT2D eigenvalue weighted by Gasteiger charge is 2.37. The molecule has 0 saturated heterocycles. The van der Waals surface area contributed by atoms with Gasteiger partial charge < -0.3 is 15.1 Å². The largest absolute Gasteiger partial charge is 0.457 e. The van der Waals surface area contributed by atoms with Crippen molar-refractivity contribution in [2.24, 2.45) is 11.3 Å². The summed E-state index contributed by atoms with van der Waals surface area (Å²) in [4.78, 5) is 14.4. The lowest BCUT2D eigenvalue weighted by molar-refractivity contribution is 0.0930. The fraction of sp³-hybridized carbons (Fsp3) is 0.400. The highest BCUT2D eigenvalue weighted by atomic mass is 35.5. The Kier molecular flexibility index (Phi) is 4.94. The Hall–Kier alpha value is -2.24. The molecule has 1 aromatic carbocycles. The summed E-state index contributed by atoms with van der Waals surface area (Å²) in [5.41, 5.74) is 4.30. The summed E-state index contributed by atoms with van der Waals surface area (Å²) in [5.74, 6) is 2.05. The van der Waals surface area contributed by atoms with Gasteiger partial charge in [-0.15, -0.1) is 11.3 Å². The number of anilines is 1. The van der Waals surface area contributed by atoms with E-state index in [2.05, 4.69) is 31.4 Å². The summed E-state index contributed by atoms with van der Waals surface area (Å²) in [6.45, 7) is 8.91. The molecule has 1 amide bonds. The molecule has 3 aromatic rings. The van der Waals surface area contributed by atoms with Gasteiger partial charge in [-0.25, -0.2) is 0 Å². The first-order valence-corrected chi connectivity index (χ1v) is 12.0. The number of fused-ring (bicyclic) bond motifs is 3. The van der Waals surface area contributed by atoms with Crippen LogP contribution in [0, 0.1) is 18.3 Å². The number of rotatable bonds is 2. The molecule has 6 heteroatoms. The van der Waals surface area contributed by atoms with Gasteiger partial charge in [-0.3, -0.25) is 4.79 Å². The van der Waals surface area contributed by atoms with Crippen LogP contribution in [0.5, 0.6) is 0 Å². The fourth-order valence-electron chi connectivity index (χ4n) is 4.59. The lowest BCUT2D eigenvalue weighted by atomic mass is 9.72. The van der Waals surface area contributed by atoms with E-state index in [0.29, 0.717) is 16.7 Å². The standard InChI is InChI=1S/C25H27ClN2O2S/c1-13-5-6-14(11-17(13)26)18-9-10-19(30-18)22-27-23(29)21-16-8-7-15(25(2,3)4)12-20(16)31-24(21)28-22/h5-6,9-11,15,22,28H,7-8,12H2,1-4H3,(H,27,29)/t15-,22+/m0/s1. The molecule has 5 rings (SSSR count). The van der Waals surface area contributed by atoms with Crippen molar-refractivity contribution < 1.29 is 9.21 Å². The van der Waals surface area contributed by atoms with Gasteiger partial charge in [0.2, 0.25) is 0 Å². The van der Waals surface area contributed by atoms with Crippen LogP contribution in [0.25, 0.3) is 11.3 Å². The van der Waals surface area contributed by atoms with E-state index in [1.54, 1.807) is 11.3 Å². The number of carbonyl (C=O) groups is 1. The Morgan fingerprint density at radius 3 is 2.71 bits per heavy atom. The van der Waals surface area contributed by atoms with Crippen LogP contribution in [-0.2, 0) is 12.8 Å². The molecule has 0 spiro atoms. The number of carbonyl (C=O) groups excluding carboxylic acids is 1. The zero-order chi connectivity index (χ0) is 21.9. The van der Waals surface area contributed by atoms with E-state index in [1.165, 1.54) is 10.4 Å². The Bertz CT molecular complexity index is 1170. The van der Waals surface area contributed by atoms with E-state index in [4.69, 9.17) is 16.0 Å². The van der Waals surface area contributed by atoms with E-state index in [1.807, 2.05) is 37.3 Å². The van der Waals surface area contributed by atoms with Crippen molar-refractivity contribution in [1.82, 2.24) is 5.32 Å². The first kappa shape index (κ1) is 20.7. The van der Waals surface area contributed by atoms with Crippen LogP contribution in [-0.4, -0.2) is 5.91 Å². The predicted molar refractivity (Wildman–Crippen MR) is 127 cm³/mol. The zero-order valence-electron chi connectivity index (χ0n) is 18.3. The van der Waals surface area contributed by atoms with Gasteiger partial charge in [0, 0.05) is 15.5 Å². The van der Waals surface area contributed by atoms with Gasteiger partial charge in [0.05, 0.1) is 5.56 Å². The molecule has 2 aromatic heterocycles. The number of hydrogen-bond donors (Lipinski definition) is 2. The molecule has 2 atom stereocenters. The normalized spacial score (nSPS) is 20.6. The molecular weight excluding hydrogens is 428 g/mol. The second-order valence-electron chi connectivity index (χ2n) is 9.73. The van der Waals surface area contributed by atoms with Crippen molar-refractivity contribution in [3.63, 3.8) is 0 Å². The van der Waals surface area contributed by atoms with E-state index in [-0.39, 0.29) is 17.5 Å². The highest BCUT2D eigenvalue weighted by Crippen LogP contribution is 2.46. The first-order valence-electron chi connectivity index (χ1n) is 10.8. The number of furan rings is 1. The Labute approximate surface area is 192 Å². The average molecular weight is 455 g/mol. The SMILES string of the molecule is Cc1ccc(-c2ccc([C@@H]3NC(=O)c4c(sc5c4CC[C@H](C(C)(C)C)C5)N3)o2)cc1Cl. The third kappa shape index (κ3) is 3.68. The average Bonchev–Trinajstić information content (AvgIpc) is 3.33. The molecule has 0 unspecified atom stereocenters. The van der Waals surface area contributed by atoms with E-state index < -0.39 is 0 Å². The van der Waals surface area contributed by atoms with Gasteiger partial charge in [0.15, 0.2) is 6.17 Å². The molecule has 0 radical (unpaired) electrons. The number of halogens is 1. The number of amides is 1. The van der Waals surface area contributed by atoms with Gasteiger partial charge in [-0.2, -0.15) is 0 Å². The maximum absolute atomic E-state index is 13.0. The molecule has 1 aliphatic carbocycles. The highest BCUT2D eigenvalue weighted by molar-refractivity contribution is 7.16. The third-order valence-electron chi connectivity index (χ3n) is 6.64. The van der Waals surface area contributed by atoms with Gasteiger partial charge in [-0.05, 0) is 66.8 Å². The summed E-state index contributed by atoms with van der Waals surface area (Å²) < 4.78 is 6.10. The number of hydrogen-bond acceptors (Lipinski definition) is 4. The van der Waals surface area contributed by atoms with Crippen LogP contribution in [0.15, 0.2) is 34.7 Å². The van der Waals surface area contributed by atoms with Crippen molar-refractivity contribution in [2.45, 2.75) is 53.1 Å². The summed E-state index contributed by atoms with van der Waals surface area (Å²) in [7, 11) is 0. The van der Waals surface area contributed by atoms with E-state index >= 15 is 0 Å². The van der Waals surface area contributed by atoms with E-state index in [9.17, 15) is 4.79 Å². The molecule has 4 nitrogen and oxygen atoms in total. The van der Waals surface area contributed by atoms with Crippen molar-refractivity contribution in [1.29, 1.82) is 0 Å². The number of thiophene rings is 1. The molecule has 0 bridgehead atoms. The summed E-state index contributed by atoms with van der Waals surface area (Å²) in [6.07, 6.45) is 2.78. The zero-order valence-corrected chi connectivity index (χ0v) is 19.8. The number of nitrogens with one attached hydrogen (secondary N) is 2. The second-order valence-corrected chi connectivity index (χ2v) is 11.2. The molecule has 31 heavy (non-hydrogen) atoms. The molecule has 0 fully saturated rings. The van der Waals surface area contributed by atoms with Gasteiger partial charge >= 0.3 is 0 Å². The van der Waals surface area contributed by atoms with Gasteiger partial charge in [0.25, 0.3) is 5.91 Å². The second kappa shape index (κ2) is 7.42. The minimum atomic E-state index is -0.381. The number of aryl methyl sites for hydroxylation is 1. The predicted octanol–water partition coefficient (Wildman–Crippen LogP) is 6.98.